The molecule has 0 saturated carbocycles. The highest BCUT2D eigenvalue weighted by molar-refractivity contribution is 5.64. The van der Waals surface area contributed by atoms with Gasteiger partial charge in [0.15, 0.2) is 0 Å². The SMILES string of the molecule is C#CC[C@@H](O)/C=C/C=C/C(C)=C\C(O)CCCC(=O)[O-]. The molecule has 0 aromatic carbocycles. The second-order valence-corrected chi connectivity index (χ2v) is 4.46. The molecule has 0 spiro atoms. The van der Waals surface area contributed by atoms with E-state index in [2.05, 4.69) is 5.92 Å². The van der Waals surface area contributed by atoms with E-state index in [1.54, 1.807) is 30.4 Å². The van der Waals surface area contributed by atoms with Crippen LogP contribution in [0.15, 0.2) is 36.0 Å². The number of hydrogen-bond acceptors (Lipinski definition) is 4. The van der Waals surface area contributed by atoms with Gasteiger partial charge in [0.25, 0.3) is 0 Å². The van der Waals surface area contributed by atoms with Gasteiger partial charge in [0.2, 0.25) is 0 Å². The Bertz CT molecular complexity index is 413. The van der Waals surface area contributed by atoms with Crippen molar-refractivity contribution in [1.29, 1.82) is 0 Å². The molecule has 0 aliphatic rings. The fourth-order valence-corrected chi connectivity index (χ4v) is 1.49. The van der Waals surface area contributed by atoms with Gasteiger partial charge in [0.1, 0.15) is 0 Å². The van der Waals surface area contributed by atoms with Gasteiger partial charge >= 0.3 is 0 Å². The Hall–Kier alpha value is -1.83. The summed E-state index contributed by atoms with van der Waals surface area (Å²) in [5.74, 6) is 1.25. The van der Waals surface area contributed by atoms with Crippen LogP contribution >= 0.6 is 0 Å². The molecular weight excluding hydrogens is 256 g/mol. The van der Waals surface area contributed by atoms with Crippen molar-refractivity contribution in [2.45, 2.75) is 44.8 Å². The molecule has 1 unspecified atom stereocenters. The lowest BCUT2D eigenvalue weighted by molar-refractivity contribution is -0.305. The van der Waals surface area contributed by atoms with E-state index in [0.717, 1.165) is 5.57 Å². The number of allylic oxidation sites excluding steroid dienone is 4. The van der Waals surface area contributed by atoms with Gasteiger partial charge < -0.3 is 20.1 Å². The lowest BCUT2D eigenvalue weighted by Crippen LogP contribution is -2.22. The molecule has 0 amide bonds. The van der Waals surface area contributed by atoms with E-state index in [1.165, 1.54) is 0 Å². The van der Waals surface area contributed by atoms with Gasteiger partial charge in [0.05, 0.1) is 12.2 Å². The van der Waals surface area contributed by atoms with Crippen molar-refractivity contribution >= 4 is 5.97 Å². The van der Waals surface area contributed by atoms with Crippen LogP contribution in [0.1, 0.15) is 32.6 Å². The molecule has 4 nitrogen and oxygen atoms in total. The van der Waals surface area contributed by atoms with E-state index in [1.807, 2.05) is 6.92 Å². The molecule has 0 radical (unpaired) electrons. The third kappa shape index (κ3) is 11.3. The number of terminal acetylenes is 1. The normalized spacial score (nSPS) is 15.4. The zero-order chi connectivity index (χ0) is 15.4. The lowest BCUT2D eigenvalue weighted by atomic mass is 10.1. The molecule has 0 bridgehead atoms. The van der Waals surface area contributed by atoms with E-state index in [-0.39, 0.29) is 12.8 Å². The number of rotatable bonds is 9. The van der Waals surface area contributed by atoms with E-state index in [4.69, 9.17) is 6.42 Å². The molecule has 0 aromatic heterocycles. The topological polar surface area (TPSA) is 80.6 Å². The first-order valence-electron chi connectivity index (χ1n) is 6.48. The molecule has 0 rings (SSSR count). The van der Waals surface area contributed by atoms with E-state index >= 15 is 0 Å². The van der Waals surface area contributed by atoms with Gasteiger partial charge in [-0.2, -0.15) is 0 Å². The van der Waals surface area contributed by atoms with Crippen LogP contribution in [0.2, 0.25) is 0 Å². The van der Waals surface area contributed by atoms with Crippen molar-refractivity contribution in [2.75, 3.05) is 0 Å². The van der Waals surface area contributed by atoms with Crippen LogP contribution in [0.25, 0.3) is 0 Å². The average molecular weight is 277 g/mol. The molecule has 0 fully saturated rings. The summed E-state index contributed by atoms with van der Waals surface area (Å²) in [5.41, 5.74) is 0.849. The lowest BCUT2D eigenvalue weighted by Gasteiger charge is -2.06. The van der Waals surface area contributed by atoms with Gasteiger partial charge in [-0.15, -0.1) is 12.3 Å². The third-order valence-corrected chi connectivity index (χ3v) is 2.47. The van der Waals surface area contributed by atoms with Crippen LogP contribution in [0.4, 0.5) is 0 Å². The summed E-state index contributed by atoms with van der Waals surface area (Å²) in [4.78, 5) is 10.2. The first-order valence-corrected chi connectivity index (χ1v) is 6.48. The second-order valence-electron chi connectivity index (χ2n) is 4.46. The Morgan fingerprint density at radius 2 is 2.05 bits per heavy atom. The zero-order valence-corrected chi connectivity index (χ0v) is 11.7. The van der Waals surface area contributed by atoms with Crippen LogP contribution in [0.5, 0.6) is 0 Å². The summed E-state index contributed by atoms with van der Waals surface area (Å²) in [6.45, 7) is 1.82. The molecule has 0 saturated heterocycles. The number of carbonyl (C=O) groups excluding carboxylic acids is 1. The fourth-order valence-electron chi connectivity index (χ4n) is 1.49. The van der Waals surface area contributed by atoms with E-state index in [0.29, 0.717) is 12.8 Å². The monoisotopic (exact) mass is 277 g/mol. The Kier molecular flexibility index (Phi) is 10.0. The van der Waals surface area contributed by atoms with Gasteiger partial charge in [-0.05, 0) is 26.2 Å². The minimum absolute atomic E-state index is 0.0460. The van der Waals surface area contributed by atoms with Crippen LogP contribution in [0, 0.1) is 12.3 Å². The smallest absolute Gasteiger partial charge is 0.0833 e. The van der Waals surface area contributed by atoms with Crippen molar-refractivity contribution in [1.82, 2.24) is 0 Å². The highest BCUT2D eigenvalue weighted by atomic mass is 16.4. The molecule has 110 valence electrons. The predicted octanol–water partition coefficient (Wildman–Crippen LogP) is 0.710. The van der Waals surface area contributed by atoms with Crippen LogP contribution < -0.4 is 5.11 Å². The molecule has 2 N–H and O–H groups in total. The molecular formula is C16H21O4-. The predicted molar refractivity (Wildman–Crippen MR) is 76.4 cm³/mol. The first kappa shape index (κ1) is 18.2. The second kappa shape index (κ2) is 11.0. The van der Waals surface area contributed by atoms with Crippen LogP contribution in [0.3, 0.4) is 0 Å². The van der Waals surface area contributed by atoms with Gasteiger partial charge in [-0.3, -0.25) is 0 Å². The van der Waals surface area contributed by atoms with Gasteiger partial charge in [0, 0.05) is 12.4 Å². The molecule has 0 aliphatic heterocycles. The maximum Gasteiger partial charge on any atom is 0.0833 e. The Morgan fingerprint density at radius 3 is 2.65 bits per heavy atom. The van der Waals surface area contributed by atoms with Gasteiger partial charge in [-0.25, -0.2) is 0 Å². The van der Waals surface area contributed by atoms with Gasteiger partial charge in [-0.1, -0.05) is 36.0 Å². The summed E-state index contributed by atoms with van der Waals surface area (Å²) >= 11 is 0. The summed E-state index contributed by atoms with van der Waals surface area (Å²) in [6.07, 6.45) is 13.2. The quantitative estimate of drug-likeness (QED) is 0.480. The highest BCUT2D eigenvalue weighted by Crippen LogP contribution is 2.06. The number of carbonyl (C=O) groups is 1. The molecule has 20 heavy (non-hydrogen) atoms. The largest absolute Gasteiger partial charge is 0.550 e. The van der Waals surface area contributed by atoms with Crippen molar-refractivity contribution in [3.05, 3.63) is 36.0 Å². The summed E-state index contributed by atoms with van der Waals surface area (Å²) < 4.78 is 0. The maximum atomic E-state index is 10.2. The molecule has 0 aromatic rings. The number of aliphatic carboxylic acids is 1. The third-order valence-electron chi connectivity index (χ3n) is 2.47. The van der Waals surface area contributed by atoms with E-state index in [9.17, 15) is 20.1 Å². The zero-order valence-electron chi connectivity index (χ0n) is 11.7. The first-order chi connectivity index (χ1) is 9.45. The standard InChI is InChI=1S/C16H22O4/c1-3-7-14(17)9-5-4-8-13(2)12-15(18)10-6-11-16(19)20/h1,4-5,8-9,12,14-15,17-18H,6-7,10-11H2,2H3,(H,19,20)/p-1/b8-4+,9-5+,13-12-/t14-,15?/m1/s1. The number of carboxylic acid groups (broad SMARTS) is 1. The highest BCUT2D eigenvalue weighted by Gasteiger charge is 2.00. The summed E-state index contributed by atoms with van der Waals surface area (Å²) in [7, 11) is 0. The molecule has 0 aliphatic carbocycles. The van der Waals surface area contributed by atoms with Crippen molar-refractivity contribution in [3.8, 4) is 12.3 Å². The summed E-state index contributed by atoms with van der Waals surface area (Å²) in [5, 5.41) is 29.2. The number of aliphatic hydroxyl groups excluding tert-OH is 2. The van der Waals surface area contributed by atoms with Crippen molar-refractivity contribution in [2.24, 2.45) is 0 Å². The minimum Gasteiger partial charge on any atom is -0.550 e. The maximum absolute atomic E-state index is 10.2. The van der Waals surface area contributed by atoms with Crippen molar-refractivity contribution < 1.29 is 20.1 Å². The molecule has 4 heteroatoms. The minimum atomic E-state index is -1.10. The van der Waals surface area contributed by atoms with E-state index < -0.39 is 18.2 Å². The average Bonchev–Trinajstić information content (AvgIpc) is 2.34. The molecule has 0 heterocycles. The number of aliphatic hydroxyl groups is 2. The van der Waals surface area contributed by atoms with Crippen LogP contribution in [-0.4, -0.2) is 28.4 Å². The number of carboxylic acids is 1. The molecule has 2 atom stereocenters. The summed E-state index contributed by atoms with van der Waals surface area (Å²) in [6, 6.07) is 0. The van der Waals surface area contributed by atoms with Crippen molar-refractivity contribution in [3.63, 3.8) is 0 Å². The number of hydrogen-bond donors (Lipinski definition) is 2. The Balaban J connectivity index is 4.11. The Morgan fingerprint density at radius 1 is 1.35 bits per heavy atom. The Labute approximate surface area is 120 Å². The fraction of sp³-hybridized carbons (Fsp3) is 0.438. The van der Waals surface area contributed by atoms with Crippen LogP contribution in [-0.2, 0) is 4.79 Å².